The van der Waals surface area contributed by atoms with Gasteiger partial charge in [0.15, 0.2) is 0 Å². The first-order valence-electron chi connectivity index (χ1n) is 5.82. The zero-order valence-electron chi connectivity index (χ0n) is 10.1. The van der Waals surface area contributed by atoms with E-state index in [9.17, 15) is 8.42 Å². The Bertz CT molecular complexity index is 493. The van der Waals surface area contributed by atoms with Crippen molar-refractivity contribution in [3.05, 3.63) is 29.8 Å². The molecule has 1 aliphatic heterocycles. The molecular weight excluding hydrogens is 236 g/mol. The van der Waals surface area contributed by atoms with Crippen molar-refractivity contribution in [2.45, 2.75) is 30.7 Å². The molecule has 2 rings (SSSR count). The third-order valence-corrected chi connectivity index (χ3v) is 4.53. The minimum Gasteiger partial charge on any atom is -0.313 e. The van der Waals surface area contributed by atoms with Crippen LogP contribution < -0.4 is 10.0 Å². The van der Waals surface area contributed by atoms with Crippen LogP contribution in [0.4, 0.5) is 0 Å². The van der Waals surface area contributed by atoms with Crippen molar-refractivity contribution in [1.29, 1.82) is 0 Å². The van der Waals surface area contributed by atoms with Gasteiger partial charge < -0.3 is 5.32 Å². The predicted molar refractivity (Wildman–Crippen MR) is 67.5 cm³/mol. The molecule has 5 heteroatoms. The Morgan fingerprint density at radius 2 is 1.94 bits per heavy atom. The van der Waals surface area contributed by atoms with Gasteiger partial charge in [0, 0.05) is 19.1 Å². The minimum absolute atomic E-state index is 0.0280. The Hall–Kier alpha value is -0.910. The van der Waals surface area contributed by atoms with Gasteiger partial charge in [-0.25, -0.2) is 13.1 Å². The van der Waals surface area contributed by atoms with E-state index in [1.165, 1.54) is 0 Å². The van der Waals surface area contributed by atoms with Crippen LogP contribution >= 0.6 is 0 Å². The minimum atomic E-state index is -3.39. The zero-order chi connectivity index (χ0) is 12.5. The quantitative estimate of drug-likeness (QED) is 0.844. The van der Waals surface area contributed by atoms with E-state index in [0.29, 0.717) is 18.0 Å². The average Bonchev–Trinajstić information content (AvgIpc) is 2.24. The average molecular weight is 254 g/mol. The van der Waals surface area contributed by atoms with Gasteiger partial charge in [0.25, 0.3) is 0 Å². The number of rotatable bonds is 4. The van der Waals surface area contributed by atoms with E-state index in [1.807, 2.05) is 26.0 Å². The highest BCUT2D eigenvalue weighted by Gasteiger charge is 2.26. The lowest BCUT2D eigenvalue weighted by molar-refractivity contribution is 0.410. The molecule has 0 unspecified atom stereocenters. The predicted octanol–water partition coefficient (Wildman–Crippen LogP) is 1.06. The van der Waals surface area contributed by atoms with Crippen molar-refractivity contribution >= 4 is 10.0 Å². The Labute approximate surface area is 102 Å². The van der Waals surface area contributed by atoms with Crippen LogP contribution in [0.1, 0.15) is 25.3 Å². The number of hydrogen-bond acceptors (Lipinski definition) is 3. The van der Waals surface area contributed by atoms with Crippen molar-refractivity contribution in [2.24, 2.45) is 0 Å². The van der Waals surface area contributed by atoms with Crippen LogP contribution in [0.5, 0.6) is 0 Å². The van der Waals surface area contributed by atoms with Crippen LogP contribution in [-0.4, -0.2) is 27.5 Å². The van der Waals surface area contributed by atoms with Gasteiger partial charge in [0.2, 0.25) is 10.0 Å². The van der Waals surface area contributed by atoms with Crippen LogP contribution in [0.25, 0.3) is 0 Å². The van der Waals surface area contributed by atoms with Gasteiger partial charge in [-0.15, -0.1) is 0 Å². The molecule has 94 valence electrons. The molecule has 17 heavy (non-hydrogen) atoms. The summed E-state index contributed by atoms with van der Waals surface area (Å²) in [5.74, 6) is 0.197. The largest absolute Gasteiger partial charge is 0.313 e. The van der Waals surface area contributed by atoms with Gasteiger partial charge in [-0.3, -0.25) is 0 Å². The molecule has 1 aliphatic rings. The molecule has 4 nitrogen and oxygen atoms in total. The lowest BCUT2D eigenvalue weighted by Gasteiger charge is -2.28. The fraction of sp³-hybridized carbons (Fsp3) is 0.500. The first kappa shape index (κ1) is 12.5. The fourth-order valence-electron chi connectivity index (χ4n) is 1.86. The van der Waals surface area contributed by atoms with Gasteiger partial charge in [-0.05, 0) is 17.5 Å². The topological polar surface area (TPSA) is 58.2 Å². The fourth-order valence-corrected chi connectivity index (χ4v) is 3.46. The molecule has 1 aromatic rings. The lowest BCUT2D eigenvalue weighted by atomic mass is 10.0. The highest BCUT2D eigenvalue weighted by Crippen LogP contribution is 2.23. The second kappa shape index (κ2) is 4.76. The summed E-state index contributed by atoms with van der Waals surface area (Å²) in [6, 6.07) is 7.21. The van der Waals surface area contributed by atoms with Crippen LogP contribution in [0, 0.1) is 0 Å². The summed E-state index contributed by atoms with van der Waals surface area (Å²) in [7, 11) is -3.39. The van der Waals surface area contributed by atoms with Gasteiger partial charge in [0.1, 0.15) is 0 Å². The number of benzene rings is 1. The van der Waals surface area contributed by atoms with Crippen LogP contribution in [-0.2, 0) is 10.0 Å². The molecule has 1 fully saturated rings. The molecule has 0 aromatic heterocycles. The summed E-state index contributed by atoms with van der Waals surface area (Å²) in [5, 5.41) is 3.05. The first-order chi connectivity index (χ1) is 8.00. The third kappa shape index (κ3) is 2.68. The van der Waals surface area contributed by atoms with Crippen LogP contribution in [0.3, 0.4) is 0 Å². The Balaban J connectivity index is 2.31. The molecule has 0 bridgehead atoms. The normalized spacial score (nSPS) is 17.1. The zero-order valence-corrected chi connectivity index (χ0v) is 10.9. The van der Waals surface area contributed by atoms with E-state index < -0.39 is 10.0 Å². The molecule has 0 amide bonds. The Morgan fingerprint density at radius 3 is 2.47 bits per heavy atom. The van der Waals surface area contributed by atoms with E-state index >= 15 is 0 Å². The molecule has 0 spiro atoms. The molecule has 1 saturated heterocycles. The number of nitrogens with one attached hydrogen (secondary N) is 2. The highest BCUT2D eigenvalue weighted by molar-refractivity contribution is 7.89. The molecule has 0 radical (unpaired) electrons. The van der Waals surface area contributed by atoms with E-state index in [4.69, 9.17) is 0 Å². The summed E-state index contributed by atoms with van der Waals surface area (Å²) in [4.78, 5) is 0.405. The molecule has 1 aromatic carbocycles. The Morgan fingerprint density at radius 1 is 1.29 bits per heavy atom. The van der Waals surface area contributed by atoms with Crippen molar-refractivity contribution in [1.82, 2.24) is 10.0 Å². The molecular formula is C12H18N2O2S. The van der Waals surface area contributed by atoms with E-state index in [0.717, 1.165) is 5.56 Å². The summed E-state index contributed by atoms with van der Waals surface area (Å²) in [6.45, 7) is 5.42. The maximum atomic E-state index is 12.2. The van der Waals surface area contributed by atoms with Crippen LogP contribution in [0.2, 0.25) is 0 Å². The van der Waals surface area contributed by atoms with Gasteiger partial charge in [0.05, 0.1) is 4.90 Å². The molecule has 2 N–H and O–H groups in total. The van der Waals surface area contributed by atoms with Crippen LogP contribution in [0.15, 0.2) is 29.2 Å². The summed E-state index contributed by atoms with van der Waals surface area (Å²) in [6.07, 6.45) is 0. The summed E-state index contributed by atoms with van der Waals surface area (Å²) in [5.41, 5.74) is 0.868. The molecule has 1 heterocycles. The van der Waals surface area contributed by atoms with Gasteiger partial charge >= 0.3 is 0 Å². The second-order valence-electron chi connectivity index (χ2n) is 4.67. The van der Waals surface area contributed by atoms with Crippen molar-refractivity contribution < 1.29 is 8.42 Å². The molecule has 0 saturated carbocycles. The summed E-state index contributed by atoms with van der Waals surface area (Å²) < 4.78 is 27.2. The first-order valence-corrected chi connectivity index (χ1v) is 7.31. The maximum absolute atomic E-state index is 12.2. The van der Waals surface area contributed by atoms with Gasteiger partial charge in [-0.2, -0.15) is 0 Å². The van der Waals surface area contributed by atoms with E-state index in [2.05, 4.69) is 10.0 Å². The SMILES string of the molecule is CC(C)c1ccccc1S(=O)(=O)NC1CNC1. The van der Waals surface area contributed by atoms with E-state index in [1.54, 1.807) is 12.1 Å². The second-order valence-corrected chi connectivity index (χ2v) is 6.35. The monoisotopic (exact) mass is 254 g/mol. The number of hydrogen-bond donors (Lipinski definition) is 2. The molecule has 0 atom stereocenters. The van der Waals surface area contributed by atoms with Gasteiger partial charge in [-0.1, -0.05) is 32.0 Å². The van der Waals surface area contributed by atoms with E-state index in [-0.39, 0.29) is 12.0 Å². The smallest absolute Gasteiger partial charge is 0.241 e. The van der Waals surface area contributed by atoms with Crippen molar-refractivity contribution in [2.75, 3.05) is 13.1 Å². The maximum Gasteiger partial charge on any atom is 0.241 e. The third-order valence-electron chi connectivity index (χ3n) is 2.93. The Kier molecular flexibility index (Phi) is 3.51. The molecule has 0 aliphatic carbocycles. The highest BCUT2D eigenvalue weighted by atomic mass is 32.2. The van der Waals surface area contributed by atoms with Crippen molar-refractivity contribution in [3.63, 3.8) is 0 Å². The lowest BCUT2D eigenvalue weighted by Crippen LogP contribution is -2.56. The number of sulfonamides is 1. The standard InChI is InChI=1S/C12H18N2O2S/c1-9(2)11-5-3-4-6-12(11)17(15,16)14-10-7-13-8-10/h3-6,9-10,13-14H,7-8H2,1-2H3. The van der Waals surface area contributed by atoms with Crippen molar-refractivity contribution in [3.8, 4) is 0 Å². The summed E-state index contributed by atoms with van der Waals surface area (Å²) >= 11 is 0.